The van der Waals surface area contributed by atoms with E-state index >= 15 is 0 Å². The van der Waals surface area contributed by atoms with Crippen LogP contribution in [0.1, 0.15) is 19.3 Å². The number of nitrogens with one attached hydrogen (secondary N) is 3. The molecule has 0 aromatic carbocycles. The highest BCUT2D eigenvalue weighted by Gasteiger charge is 2.19. The summed E-state index contributed by atoms with van der Waals surface area (Å²) in [7, 11) is -1.81. The molecule has 0 amide bonds. The molecular formula is C9H21N3O3S. The third-order valence-electron chi connectivity index (χ3n) is 2.25. The van der Waals surface area contributed by atoms with Crippen molar-refractivity contribution in [2.24, 2.45) is 0 Å². The van der Waals surface area contributed by atoms with Crippen molar-refractivity contribution in [3.8, 4) is 0 Å². The maximum atomic E-state index is 11.3. The highest BCUT2D eigenvalue weighted by Crippen LogP contribution is 2.18. The standard InChI is InChI=1S/C9H21N3O3S/c1-15-8-7-12-16(13,14)11-6-2-5-10-9-3-4-9/h9-12H,2-8H2,1H3. The van der Waals surface area contributed by atoms with E-state index in [0.29, 0.717) is 25.7 Å². The minimum atomic E-state index is -3.35. The van der Waals surface area contributed by atoms with Crippen LogP contribution in [0.3, 0.4) is 0 Å². The smallest absolute Gasteiger partial charge is 0.276 e. The Morgan fingerprint density at radius 2 is 1.88 bits per heavy atom. The molecule has 0 spiro atoms. The average Bonchev–Trinajstić information content (AvgIpc) is 3.01. The second kappa shape index (κ2) is 7.18. The Kier molecular flexibility index (Phi) is 6.22. The van der Waals surface area contributed by atoms with Gasteiger partial charge in [0.25, 0.3) is 10.2 Å². The SMILES string of the molecule is COCCNS(=O)(=O)NCCCNC1CC1. The molecule has 0 saturated heterocycles. The largest absolute Gasteiger partial charge is 0.383 e. The molecule has 16 heavy (non-hydrogen) atoms. The van der Waals surface area contributed by atoms with E-state index in [-0.39, 0.29) is 0 Å². The van der Waals surface area contributed by atoms with Crippen LogP contribution < -0.4 is 14.8 Å². The first-order valence-electron chi connectivity index (χ1n) is 5.60. The summed E-state index contributed by atoms with van der Waals surface area (Å²) in [5, 5.41) is 3.32. The van der Waals surface area contributed by atoms with Crippen molar-refractivity contribution < 1.29 is 13.2 Å². The van der Waals surface area contributed by atoms with Gasteiger partial charge in [0.1, 0.15) is 0 Å². The summed E-state index contributed by atoms with van der Waals surface area (Å²) in [6.07, 6.45) is 3.32. The summed E-state index contributed by atoms with van der Waals surface area (Å²) in [5.41, 5.74) is 0. The van der Waals surface area contributed by atoms with Gasteiger partial charge >= 0.3 is 0 Å². The van der Waals surface area contributed by atoms with Crippen LogP contribution in [-0.4, -0.2) is 47.8 Å². The summed E-state index contributed by atoms with van der Waals surface area (Å²) < 4.78 is 32.2. The van der Waals surface area contributed by atoms with E-state index in [1.807, 2.05) is 0 Å². The van der Waals surface area contributed by atoms with Gasteiger partial charge < -0.3 is 10.1 Å². The average molecular weight is 251 g/mol. The molecule has 96 valence electrons. The summed E-state index contributed by atoms with van der Waals surface area (Å²) in [6.45, 7) is 2.00. The lowest BCUT2D eigenvalue weighted by Gasteiger charge is -2.08. The normalized spacial score (nSPS) is 16.6. The quantitative estimate of drug-likeness (QED) is 0.444. The lowest BCUT2D eigenvalue weighted by atomic mass is 10.4. The molecule has 0 bridgehead atoms. The van der Waals surface area contributed by atoms with Crippen molar-refractivity contribution in [1.29, 1.82) is 0 Å². The Morgan fingerprint density at radius 3 is 2.50 bits per heavy atom. The van der Waals surface area contributed by atoms with E-state index in [2.05, 4.69) is 14.8 Å². The van der Waals surface area contributed by atoms with Gasteiger partial charge in [-0.25, -0.2) is 4.72 Å². The molecule has 1 aliphatic carbocycles. The zero-order valence-electron chi connectivity index (χ0n) is 9.66. The fourth-order valence-electron chi connectivity index (χ4n) is 1.22. The molecule has 0 aromatic heterocycles. The summed E-state index contributed by atoms with van der Waals surface area (Å²) in [5.74, 6) is 0. The fourth-order valence-corrected chi connectivity index (χ4v) is 2.08. The molecule has 0 heterocycles. The number of hydrogen-bond donors (Lipinski definition) is 3. The Labute approximate surface area is 97.3 Å². The molecule has 0 unspecified atom stereocenters. The summed E-state index contributed by atoms with van der Waals surface area (Å²) >= 11 is 0. The number of rotatable bonds is 10. The first-order valence-corrected chi connectivity index (χ1v) is 7.09. The van der Waals surface area contributed by atoms with Gasteiger partial charge in [-0.15, -0.1) is 0 Å². The maximum absolute atomic E-state index is 11.3. The second-order valence-corrected chi connectivity index (χ2v) is 5.45. The van der Waals surface area contributed by atoms with Gasteiger partial charge in [0.2, 0.25) is 0 Å². The Morgan fingerprint density at radius 1 is 1.19 bits per heavy atom. The molecule has 0 aromatic rings. The molecule has 1 aliphatic rings. The summed E-state index contributed by atoms with van der Waals surface area (Å²) in [6, 6.07) is 0.677. The topological polar surface area (TPSA) is 79.5 Å². The van der Waals surface area contributed by atoms with Crippen LogP contribution in [0.25, 0.3) is 0 Å². The number of methoxy groups -OCH3 is 1. The lowest BCUT2D eigenvalue weighted by Crippen LogP contribution is -2.39. The maximum Gasteiger partial charge on any atom is 0.276 e. The number of ether oxygens (including phenoxy) is 1. The van der Waals surface area contributed by atoms with E-state index in [1.165, 1.54) is 20.0 Å². The third-order valence-corrected chi connectivity index (χ3v) is 3.42. The molecule has 1 rings (SSSR count). The zero-order chi connectivity index (χ0) is 11.9. The van der Waals surface area contributed by atoms with Crippen LogP contribution >= 0.6 is 0 Å². The van der Waals surface area contributed by atoms with Crippen molar-refractivity contribution in [2.45, 2.75) is 25.3 Å². The van der Waals surface area contributed by atoms with Gasteiger partial charge in [-0.1, -0.05) is 0 Å². The third kappa shape index (κ3) is 7.13. The first kappa shape index (κ1) is 13.9. The van der Waals surface area contributed by atoms with Crippen LogP contribution in [0.4, 0.5) is 0 Å². The van der Waals surface area contributed by atoms with Crippen LogP contribution in [0.5, 0.6) is 0 Å². The van der Waals surface area contributed by atoms with Crippen LogP contribution in [0.2, 0.25) is 0 Å². The predicted molar refractivity (Wildman–Crippen MR) is 62.4 cm³/mol. The Hall–Kier alpha value is -0.210. The molecule has 0 radical (unpaired) electrons. The minimum Gasteiger partial charge on any atom is -0.383 e. The van der Waals surface area contributed by atoms with Gasteiger partial charge in [0.05, 0.1) is 6.61 Å². The van der Waals surface area contributed by atoms with Gasteiger partial charge in [0.15, 0.2) is 0 Å². The molecule has 7 heteroatoms. The van der Waals surface area contributed by atoms with Crippen LogP contribution in [0, 0.1) is 0 Å². The fraction of sp³-hybridized carbons (Fsp3) is 1.00. The van der Waals surface area contributed by atoms with Crippen LogP contribution in [-0.2, 0) is 14.9 Å². The highest BCUT2D eigenvalue weighted by molar-refractivity contribution is 7.87. The molecular weight excluding hydrogens is 230 g/mol. The molecule has 0 aliphatic heterocycles. The van der Waals surface area contributed by atoms with Crippen molar-refractivity contribution in [1.82, 2.24) is 14.8 Å². The van der Waals surface area contributed by atoms with Crippen LogP contribution in [0.15, 0.2) is 0 Å². The number of hydrogen-bond acceptors (Lipinski definition) is 4. The minimum absolute atomic E-state index is 0.298. The predicted octanol–water partition coefficient (Wildman–Crippen LogP) is -0.801. The van der Waals surface area contributed by atoms with E-state index in [1.54, 1.807) is 0 Å². The van der Waals surface area contributed by atoms with Crippen molar-refractivity contribution >= 4 is 10.2 Å². The van der Waals surface area contributed by atoms with Gasteiger partial charge in [-0.3, -0.25) is 0 Å². The Bertz CT molecular complexity index is 278. The molecule has 0 atom stereocenters. The van der Waals surface area contributed by atoms with Gasteiger partial charge in [0, 0.05) is 26.2 Å². The zero-order valence-corrected chi connectivity index (χ0v) is 10.5. The summed E-state index contributed by atoms with van der Waals surface area (Å²) in [4.78, 5) is 0. The molecule has 1 saturated carbocycles. The Balaban J connectivity index is 1.96. The molecule has 3 N–H and O–H groups in total. The highest BCUT2D eigenvalue weighted by atomic mass is 32.2. The van der Waals surface area contributed by atoms with E-state index in [9.17, 15) is 8.42 Å². The van der Waals surface area contributed by atoms with Crippen molar-refractivity contribution in [3.05, 3.63) is 0 Å². The van der Waals surface area contributed by atoms with Gasteiger partial charge in [-0.2, -0.15) is 13.1 Å². The van der Waals surface area contributed by atoms with E-state index in [0.717, 1.165) is 13.0 Å². The second-order valence-electron chi connectivity index (χ2n) is 3.87. The van der Waals surface area contributed by atoms with E-state index in [4.69, 9.17) is 4.74 Å². The first-order chi connectivity index (χ1) is 7.64. The molecule has 6 nitrogen and oxygen atoms in total. The van der Waals surface area contributed by atoms with Gasteiger partial charge in [-0.05, 0) is 25.8 Å². The monoisotopic (exact) mass is 251 g/mol. The lowest BCUT2D eigenvalue weighted by molar-refractivity contribution is 0.204. The molecule has 1 fully saturated rings. The van der Waals surface area contributed by atoms with Crippen molar-refractivity contribution in [3.63, 3.8) is 0 Å². The van der Waals surface area contributed by atoms with Crippen molar-refractivity contribution in [2.75, 3.05) is 33.4 Å². The van der Waals surface area contributed by atoms with E-state index < -0.39 is 10.2 Å².